The van der Waals surface area contributed by atoms with Gasteiger partial charge >= 0.3 is 0 Å². The number of hydrazine groups is 1. The van der Waals surface area contributed by atoms with Crippen LogP contribution in [-0.4, -0.2) is 19.7 Å². The predicted octanol–water partition coefficient (Wildman–Crippen LogP) is 2.98. The molecule has 0 radical (unpaired) electrons. The largest absolute Gasteiger partial charge is 0.396 e. The lowest BCUT2D eigenvalue weighted by Gasteiger charge is -2.20. The summed E-state index contributed by atoms with van der Waals surface area (Å²) in [5, 5.41) is 6.94. The van der Waals surface area contributed by atoms with Crippen molar-refractivity contribution in [3.8, 4) is 11.3 Å². The number of aromatic nitrogens is 4. The summed E-state index contributed by atoms with van der Waals surface area (Å²) in [7, 11) is 0. The summed E-state index contributed by atoms with van der Waals surface area (Å²) in [6.07, 6.45) is 5.54. The average Bonchev–Trinajstić information content (AvgIpc) is 3.17. The smallest absolute Gasteiger partial charge is 0.166 e. The molecule has 7 nitrogen and oxygen atoms in total. The number of benzene rings is 1. The molecule has 0 bridgehead atoms. The first kappa shape index (κ1) is 17.0. The van der Waals surface area contributed by atoms with Gasteiger partial charge in [0.25, 0.3) is 0 Å². The predicted molar refractivity (Wildman–Crippen MR) is 108 cm³/mol. The quantitative estimate of drug-likeness (QED) is 0.420. The summed E-state index contributed by atoms with van der Waals surface area (Å²) in [6.45, 7) is 3.33. The van der Waals surface area contributed by atoms with Crippen molar-refractivity contribution in [2.45, 2.75) is 20.0 Å². The molecule has 0 aliphatic carbocycles. The van der Waals surface area contributed by atoms with E-state index in [1.165, 1.54) is 0 Å². The number of nitrogens with two attached hydrogens (primary N) is 2. The SMILES string of the molecule is CCn1cc(-c2ccc(N)c(N(N)Cc3ccc4ncccc4c3)n2)cn1. The lowest BCUT2D eigenvalue weighted by molar-refractivity contribution is 0.660. The molecule has 136 valence electrons. The van der Waals surface area contributed by atoms with E-state index in [-0.39, 0.29) is 0 Å². The number of hydrogen-bond donors (Lipinski definition) is 2. The molecular formula is C20H21N7. The van der Waals surface area contributed by atoms with Crippen molar-refractivity contribution < 1.29 is 0 Å². The van der Waals surface area contributed by atoms with Crippen molar-refractivity contribution in [1.29, 1.82) is 0 Å². The standard InChI is InChI=1S/C20H21N7/c1-2-26-13-16(11-24-26)19-8-6-17(21)20(25-19)27(22)12-14-5-7-18-15(10-14)4-3-9-23-18/h3-11,13H,2,12,21-22H2,1H3. The van der Waals surface area contributed by atoms with E-state index in [0.717, 1.165) is 34.3 Å². The van der Waals surface area contributed by atoms with Crippen LogP contribution in [0.15, 0.2) is 61.1 Å². The van der Waals surface area contributed by atoms with Crippen LogP contribution in [0.3, 0.4) is 0 Å². The maximum atomic E-state index is 6.30. The lowest BCUT2D eigenvalue weighted by Crippen LogP contribution is -2.31. The summed E-state index contributed by atoms with van der Waals surface area (Å²) in [4.78, 5) is 9.00. The zero-order valence-electron chi connectivity index (χ0n) is 15.1. The molecule has 0 saturated carbocycles. The molecule has 4 rings (SSSR count). The van der Waals surface area contributed by atoms with Crippen LogP contribution in [0.5, 0.6) is 0 Å². The molecule has 3 aromatic heterocycles. The second-order valence-corrected chi connectivity index (χ2v) is 6.35. The van der Waals surface area contributed by atoms with Gasteiger partial charge in [-0.1, -0.05) is 12.1 Å². The first-order valence-corrected chi connectivity index (χ1v) is 8.79. The first-order chi connectivity index (χ1) is 13.1. The Morgan fingerprint density at radius 3 is 2.85 bits per heavy atom. The number of rotatable bonds is 5. The number of hydrogen-bond acceptors (Lipinski definition) is 6. The molecule has 0 aliphatic rings. The van der Waals surface area contributed by atoms with Crippen molar-refractivity contribution >= 4 is 22.4 Å². The van der Waals surface area contributed by atoms with Crippen molar-refractivity contribution in [2.75, 3.05) is 10.7 Å². The zero-order chi connectivity index (χ0) is 18.8. The topological polar surface area (TPSA) is 98.9 Å². The van der Waals surface area contributed by atoms with Crippen LogP contribution in [0.25, 0.3) is 22.2 Å². The second kappa shape index (κ2) is 7.05. The Kier molecular flexibility index (Phi) is 4.43. The fourth-order valence-corrected chi connectivity index (χ4v) is 3.01. The summed E-state index contributed by atoms with van der Waals surface area (Å²) in [5.74, 6) is 6.85. The van der Waals surface area contributed by atoms with Crippen LogP contribution in [0.4, 0.5) is 11.5 Å². The summed E-state index contributed by atoms with van der Waals surface area (Å²) < 4.78 is 1.86. The highest BCUT2D eigenvalue weighted by atomic mass is 15.4. The van der Waals surface area contributed by atoms with Gasteiger partial charge in [0, 0.05) is 29.9 Å². The van der Waals surface area contributed by atoms with E-state index in [1.54, 1.807) is 17.4 Å². The maximum Gasteiger partial charge on any atom is 0.166 e. The molecule has 3 heterocycles. The minimum Gasteiger partial charge on any atom is -0.396 e. The van der Waals surface area contributed by atoms with Gasteiger partial charge in [0.1, 0.15) is 0 Å². The van der Waals surface area contributed by atoms with Crippen molar-refractivity contribution in [3.63, 3.8) is 0 Å². The van der Waals surface area contributed by atoms with E-state index >= 15 is 0 Å². The van der Waals surface area contributed by atoms with Gasteiger partial charge in [0.2, 0.25) is 0 Å². The molecule has 0 fully saturated rings. The molecule has 7 heteroatoms. The molecule has 0 aliphatic heterocycles. The summed E-state index contributed by atoms with van der Waals surface area (Å²) in [6, 6.07) is 13.7. The molecule has 0 amide bonds. The summed E-state index contributed by atoms with van der Waals surface area (Å²) in [5.41, 5.74) is 10.4. The van der Waals surface area contributed by atoms with E-state index in [4.69, 9.17) is 11.6 Å². The van der Waals surface area contributed by atoms with Gasteiger partial charge in [-0.3, -0.25) is 14.7 Å². The van der Waals surface area contributed by atoms with Gasteiger partial charge in [0.15, 0.2) is 5.82 Å². The maximum absolute atomic E-state index is 6.30. The Hall–Kier alpha value is -3.45. The highest BCUT2D eigenvalue weighted by Crippen LogP contribution is 2.26. The number of pyridine rings is 2. The Morgan fingerprint density at radius 2 is 2.04 bits per heavy atom. The molecule has 0 saturated heterocycles. The number of anilines is 2. The molecule has 4 aromatic rings. The number of fused-ring (bicyclic) bond motifs is 1. The van der Waals surface area contributed by atoms with E-state index in [2.05, 4.69) is 21.1 Å². The molecule has 0 atom stereocenters. The van der Waals surface area contributed by atoms with Crippen LogP contribution < -0.4 is 16.6 Å². The van der Waals surface area contributed by atoms with Crippen molar-refractivity contribution in [2.24, 2.45) is 5.84 Å². The fraction of sp³-hybridized carbons (Fsp3) is 0.150. The van der Waals surface area contributed by atoms with Crippen LogP contribution in [0, 0.1) is 0 Å². The Labute approximate surface area is 157 Å². The van der Waals surface area contributed by atoms with Crippen LogP contribution in [0.1, 0.15) is 12.5 Å². The minimum atomic E-state index is 0.486. The average molecular weight is 359 g/mol. The molecule has 27 heavy (non-hydrogen) atoms. The first-order valence-electron chi connectivity index (χ1n) is 8.79. The van der Waals surface area contributed by atoms with Crippen LogP contribution >= 0.6 is 0 Å². The van der Waals surface area contributed by atoms with E-state index < -0.39 is 0 Å². The number of nitrogen functional groups attached to an aromatic ring is 1. The molecule has 0 spiro atoms. The third kappa shape index (κ3) is 3.45. The third-order valence-electron chi connectivity index (χ3n) is 4.45. The second-order valence-electron chi connectivity index (χ2n) is 6.35. The van der Waals surface area contributed by atoms with E-state index in [1.807, 2.05) is 54.2 Å². The molecular weight excluding hydrogens is 338 g/mol. The molecule has 4 N–H and O–H groups in total. The third-order valence-corrected chi connectivity index (χ3v) is 4.45. The van der Waals surface area contributed by atoms with E-state index in [0.29, 0.717) is 18.1 Å². The van der Waals surface area contributed by atoms with Gasteiger partial charge in [-0.15, -0.1) is 0 Å². The Morgan fingerprint density at radius 1 is 1.15 bits per heavy atom. The Balaban J connectivity index is 1.62. The van der Waals surface area contributed by atoms with Crippen LogP contribution in [0.2, 0.25) is 0 Å². The molecule has 1 aromatic carbocycles. The van der Waals surface area contributed by atoms with Gasteiger partial charge < -0.3 is 5.73 Å². The highest BCUT2D eigenvalue weighted by molar-refractivity contribution is 5.79. The minimum absolute atomic E-state index is 0.486. The van der Waals surface area contributed by atoms with Gasteiger partial charge in [0.05, 0.1) is 29.6 Å². The lowest BCUT2D eigenvalue weighted by atomic mass is 10.1. The number of nitrogens with zero attached hydrogens (tertiary/aromatic N) is 5. The van der Waals surface area contributed by atoms with Crippen LogP contribution in [-0.2, 0) is 13.1 Å². The monoisotopic (exact) mass is 359 g/mol. The normalized spacial score (nSPS) is 11.0. The zero-order valence-corrected chi connectivity index (χ0v) is 15.1. The van der Waals surface area contributed by atoms with Gasteiger partial charge in [-0.05, 0) is 42.8 Å². The number of aryl methyl sites for hydroxylation is 1. The van der Waals surface area contributed by atoms with Gasteiger partial charge in [-0.25, -0.2) is 10.8 Å². The van der Waals surface area contributed by atoms with Gasteiger partial charge in [-0.2, -0.15) is 5.10 Å². The highest BCUT2D eigenvalue weighted by Gasteiger charge is 2.12. The van der Waals surface area contributed by atoms with Crippen molar-refractivity contribution in [1.82, 2.24) is 19.7 Å². The molecule has 0 unspecified atom stereocenters. The summed E-state index contributed by atoms with van der Waals surface area (Å²) >= 11 is 0. The van der Waals surface area contributed by atoms with Crippen molar-refractivity contribution in [3.05, 3.63) is 66.6 Å². The fourth-order valence-electron chi connectivity index (χ4n) is 3.01. The van der Waals surface area contributed by atoms with E-state index in [9.17, 15) is 0 Å². The Bertz CT molecular complexity index is 1090.